The van der Waals surface area contributed by atoms with Gasteiger partial charge in [-0.2, -0.15) is 0 Å². The number of rotatable bonds is 6. The van der Waals surface area contributed by atoms with E-state index in [2.05, 4.69) is 24.5 Å². The van der Waals surface area contributed by atoms with Gasteiger partial charge in [-0.1, -0.05) is 26.7 Å². The number of thiocarbonyl (C=S) groups is 1. The van der Waals surface area contributed by atoms with Crippen molar-refractivity contribution in [1.82, 2.24) is 10.6 Å². The second-order valence-corrected chi connectivity index (χ2v) is 5.29. The molecule has 0 aromatic rings. The minimum absolute atomic E-state index is 0.246. The molecule has 1 rings (SSSR count). The second kappa shape index (κ2) is 6.89. The fourth-order valence-electron chi connectivity index (χ4n) is 2.81. The molecule has 0 aliphatic carbocycles. The molecule has 0 bridgehead atoms. The summed E-state index contributed by atoms with van der Waals surface area (Å²) < 4.78 is 5.21. The van der Waals surface area contributed by atoms with Crippen LogP contribution < -0.4 is 10.6 Å². The van der Waals surface area contributed by atoms with E-state index in [4.69, 9.17) is 17.0 Å². The molecule has 4 nitrogen and oxygen atoms in total. The molecule has 0 saturated carbocycles. The topological polar surface area (TPSA) is 50.4 Å². The van der Waals surface area contributed by atoms with Crippen LogP contribution in [0.5, 0.6) is 0 Å². The zero-order valence-electron chi connectivity index (χ0n) is 12.3. The highest BCUT2D eigenvalue weighted by molar-refractivity contribution is 7.80. The number of nitrogens with one attached hydrogen (secondary N) is 2. The van der Waals surface area contributed by atoms with Crippen molar-refractivity contribution >= 4 is 23.3 Å². The van der Waals surface area contributed by atoms with E-state index in [1.165, 1.54) is 0 Å². The van der Waals surface area contributed by atoms with Crippen molar-refractivity contribution in [3.63, 3.8) is 0 Å². The molecule has 0 aromatic heterocycles. The molecule has 0 amide bonds. The maximum atomic E-state index is 12.3. The van der Waals surface area contributed by atoms with Crippen molar-refractivity contribution in [3.8, 4) is 0 Å². The summed E-state index contributed by atoms with van der Waals surface area (Å²) in [5, 5.41) is 6.94. The summed E-state index contributed by atoms with van der Waals surface area (Å²) in [5.74, 6) is -0.246. The SMILES string of the molecule is CCCC1(CCC)NC(=S)NC(C)=C1C(=O)OCC. The minimum atomic E-state index is -0.387. The number of carbonyl (C=O) groups is 1. The van der Waals surface area contributed by atoms with Crippen LogP contribution in [0.1, 0.15) is 53.4 Å². The fraction of sp³-hybridized carbons (Fsp3) is 0.714. The molecule has 1 heterocycles. The number of esters is 1. The van der Waals surface area contributed by atoms with Gasteiger partial charge in [0.1, 0.15) is 0 Å². The second-order valence-electron chi connectivity index (χ2n) is 4.88. The van der Waals surface area contributed by atoms with Gasteiger partial charge in [-0.05, 0) is 38.9 Å². The van der Waals surface area contributed by atoms with Crippen molar-refractivity contribution in [1.29, 1.82) is 0 Å². The standard InChI is InChI=1S/C14H24N2O2S/c1-5-8-14(9-6-2)11(12(17)18-7-3)10(4)15-13(19)16-14/h5-9H2,1-4H3,(H2,15,16,19). The van der Waals surface area contributed by atoms with Gasteiger partial charge in [0.05, 0.1) is 17.7 Å². The van der Waals surface area contributed by atoms with Crippen LogP contribution in [0.4, 0.5) is 0 Å². The summed E-state index contributed by atoms with van der Waals surface area (Å²) in [6.07, 6.45) is 3.69. The first-order chi connectivity index (χ1) is 9.00. The van der Waals surface area contributed by atoms with Gasteiger partial charge in [0.25, 0.3) is 0 Å². The first-order valence-corrected chi connectivity index (χ1v) is 7.39. The van der Waals surface area contributed by atoms with Gasteiger partial charge in [0.15, 0.2) is 5.11 Å². The van der Waals surface area contributed by atoms with Gasteiger partial charge in [0, 0.05) is 5.70 Å². The van der Waals surface area contributed by atoms with Crippen LogP contribution >= 0.6 is 12.2 Å². The van der Waals surface area contributed by atoms with E-state index in [1.807, 2.05) is 13.8 Å². The van der Waals surface area contributed by atoms with E-state index in [1.54, 1.807) is 0 Å². The lowest BCUT2D eigenvalue weighted by Crippen LogP contribution is -2.59. The fourth-order valence-corrected chi connectivity index (χ4v) is 3.16. The number of carbonyl (C=O) groups excluding carboxylic acids is 1. The van der Waals surface area contributed by atoms with Crippen molar-refractivity contribution in [2.24, 2.45) is 0 Å². The Morgan fingerprint density at radius 3 is 2.32 bits per heavy atom. The van der Waals surface area contributed by atoms with Crippen molar-refractivity contribution in [2.45, 2.75) is 58.9 Å². The van der Waals surface area contributed by atoms with Gasteiger partial charge in [-0.3, -0.25) is 0 Å². The lowest BCUT2D eigenvalue weighted by molar-refractivity contribution is -0.139. The van der Waals surface area contributed by atoms with Crippen LogP contribution in [0.15, 0.2) is 11.3 Å². The first-order valence-electron chi connectivity index (χ1n) is 6.98. The van der Waals surface area contributed by atoms with E-state index in [0.717, 1.165) is 31.4 Å². The Hall–Kier alpha value is -1.10. The molecule has 0 unspecified atom stereocenters. The van der Waals surface area contributed by atoms with E-state index < -0.39 is 0 Å². The summed E-state index contributed by atoms with van der Waals surface area (Å²) >= 11 is 5.26. The molecule has 19 heavy (non-hydrogen) atoms. The molecule has 2 N–H and O–H groups in total. The highest BCUT2D eigenvalue weighted by atomic mass is 32.1. The van der Waals surface area contributed by atoms with E-state index in [9.17, 15) is 4.79 Å². The molecule has 0 fully saturated rings. The Balaban J connectivity index is 3.24. The Morgan fingerprint density at radius 1 is 1.26 bits per heavy atom. The van der Waals surface area contributed by atoms with Gasteiger partial charge >= 0.3 is 5.97 Å². The molecule has 0 spiro atoms. The van der Waals surface area contributed by atoms with Crippen LogP contribution in [0, 0.1) is 0 Å². The summed E-state index contributed by atoms with van der Waals surface area (Å²) in [7, 11) is 0. The molecule has 5 heteroatoms. The average molecular weight is 284 g/mol. The Labute approximate surface area is 121 Å². The lowest BCUT2D eigenvalue weighted by atomic mass is 9.79. The number of allylic oxidation sites excluding steroid dienone is 1. The molecule has 1 aliphatic rings. The number of hydrogen-bond donors (Lipinski definition) is 2. The third-order valence-electron chi connectivity index (χ3n) is 3.34. The van der Waals surface area contributed by atoms with Gasteiger partial charge in [0.2, 0.25) is 0 Å². The quantitative estimate of drug-likeness (QED) is 0.580. The Morgan fingerprint density at radius 2 is 1.84 bits per heavy atom. The number of ether oxygens (including phenoxy) is 1. The van der Waals surface area contributed by atoms with Gasteiger partial charge < -0.3 is 15.4 Å². The van der Waals surface area contributed by atoms with E-state index in [-0.39, 0.29) is 11.5 Å². The first kappa shape index (κ1) is 16.0. The summed E-state index contributed by atoms with van der Waals surface area (Å²) in [5.41, 5.74) is 1.12. The predicted octanol–water partition coefficient (Wildman–Crippen LogP) is 2.64. The maximum absolute atomic E-state index is 12.3. The van der Waals surface area contributed by atoms with Crippen molar-refractivity contribution in [2.75, 3.05) is 6.61 Å². The largest absolute Gasteiger partial charge is 0.463 e. The number of hydrogen-bond acceptors (Lipinski definition) is 3. The van der Waals surface area contributed by atoms with Crippen LogP contribution in [0.2, 0.25) is 0 Å². The summed E-state index contributed by atoms with van der Waals surface area (Å²) in [6.45, 7) is 8.32. The van der Waals surface area contributed by atoms with Crippen molar-refractivity contribution < 1.29 is 9.53 Å². The monoisotopic (exact) mass is 284 g/mol. The van der Waals surface area contributed by atoms with Crippen LogP contribution in [-0.2, 0) is 9.53 Å². The third-order valence-corrected chi connectivity index (χ3v) is 3.54. The van der Waals surface area contributed by atoms with E-state index >= 15 is 0 Å². The van der Waals surface area contributed by atoms with Crippen LogP contribution in [0.3, 0.4) is 0 Å². The molecule has 0 radical (unpaired) electrons. The molecule has 108 valence electrons. The zero-order valence-corrected chi connectivity index (χ0v) is 13.1. The third kappa shape index (κ3) is 3.47. The smallest absolute Gasteiger partial charge is 0.338 e. The van der Waals surface area contributed by atoms with Crippen LogP contribution in [-0.4, -0.2) is 23.2 Å². The highest BCUT2D eigenvalue weighted by Gasteiger charge is 2.42. The van der Waals surface area contributed by atoms with E-state index in [0.29, 0.717) is 17.3 Å². The Bertz CT molecular complexity index is 385. The average Bonchev–Trinajstić information content (AvgIpc) is 2.28. The molecular formula is C14H24N2O2S. The van der Waals surface area contributed by atoms with Gasteiger partial charge in [-0.15, -0.1) is 0 Å². The molecule has 0 aromatic carbocycles. The normalized spacial score (nSPS) is 17.8. The molecule has 0 saturated heterocycles. The van der Waals surface area contributed by atoms with Gasteiger partial charge in [-0.25, -0.2) is 4.79 Å². The summed E-state index contributed by atoms with van der Waals surface area (Å²) in [6, 6.07) is 0. The summed E-state index contributed by atoms with van der Waals surface area (Å²) in [4.78, 5) is 12.3. The highest BCUT2D eigenvalue weighted by Crippen LogP contribution is 2.33. The molecular weight excluding hydrogens is 260 g/mol. The molecule has 0 atom stereocenters. The predicted molar refractivity (Wildman–Crippen MR) is 80.7 cm³/mol. The van der Waals surface area contributed by atoms with Crippen LogP contribution in [0.25, 0.3) is 0 Å². The minimum Gasteiger partial charge on any atom is -0.463 e. The zero-order chi connectivity index (χ0) is 14.5. The van der Waals surface area contributed by atoms with Crippen molar-refractivity contribution in [3.05, 3.63) is 11.3 Å². The lowest BCUT2D eigenvalue weighted by Gasteiger charge is -2.41. The molecule has 1 aliphatic heterocycles. The maximum Gasteiger partial charge on any atom is 0.338 e. The Kier molecular flexibility index (Phi) is 5.79.